The van der Waals surface area contributed by atoms with Gasteiger partial charge < -0.3 is 5.73 Å². The Hall–Kier alpha value is -0.820. The number of hydrogen-bond donors (Lipinski definition) is 1. The smallest absolute Gasteiger partial charge is 0.00108 e. The average molecular weight is 163 g/mol. The summed E-state index contributed by atoms with van der Waals surface area (Å²) in [5, 5.41) is 0. The molecule has 1 unspecified atom stereocenters. The lowest BCUT2D eigenvalue weighted by Crippen LogP contribution is -2.10. The van der Waals surface area contributed by atoms with Gasteiger partial charge in [0, 0.05) is 0 Å². The van der Waals surface area contributed by atoms with Gasteiger partial charge in [-0.15, -0.1) is 0 Å². The van der Waals surface area contributed by atoms with Gasteiger partial charge >= 0.3 is 0 Å². The SMILES string of the molecule is Cc1ccc(C)c(C(C)CN)c1. The second-order valence-corrected chi connectivity index (χ2v) is 3.50. The summed E-state index contributed by atoms with van der Waals surface area (Å²) in [6.45, 7) is 7.15. The summed E-state index contributed by atoms with van der Waals surface area (Å²) in [5.41, 5.74) is 9.67. The number of hydrogen-bond acceptors (Lipinski definition) is 1. The highest BCUT2D eigenvalue weighted by Crippen LogP contribution is 2.19. The Kier molecular flexibility index (Phi) is 2.88. The molecule has 1 heteroatoms. The largest absolute Gasteiger partial charge is 0.330 e. The molecule has 12 heavy (non-hydrogen) atoms. The quantitative estimate of drug-likeness (QED) is 0.711. The zero-order chi connectivity index (χ0) is 9.14. The average Bonchev–Trinajstić information content (AvgIpc) is 2.08. The van der Waals surface area contributed by atoms with Crippen LogP contribution in [0.4, 0.5) is 0 Å². The Labute approximate surface area is 74.6 Å². The Balaban J connectivity index is 3.04. The maximum atomic E-state index is 5.62. The fourth-order valence-corrected chi connectivity index (χ4v) is 1.42. The van der Waals surface area contributed by atoms with Crippen molar-refractivity contribution < 1.29 is 0 Å². The molecule has 0 aliphatic rings. The molecule has 0 heterocycles. The van der Waals surface area contributed by atoms with Crippen LogP contribution in [-0.4, -0.2) is 6.54 Å². The molecule has 0 saturated heterocycles. The number of rotatable bonds is 2. The third-order valence-electron chi connectivity index (χ3n) is 2.32. The van der Waals surface area contributed by atoms with Crippen LogP contribution in [0.5, 0.6) is 0 Å². The van der Waals surface area contributed by atoms with Crippen LogP contribution in [0.25, 0.3) is 0 Å². The normalized spacial score (nSPS) is 13.0. The van der Waals surface area contributed by atoms with E-state index >= 15 is 0 Å². The molecular formula is C11H17N. The van der Waals surface area contributed by atoms with Crippen LogP contribution in [0.15, 0.2) is 18.2 Å². The highest BCUT2D eigenvalue weighted by atomic mass is 14.5. The Morgan fingerprint density at radius 2 is 2.00 bits per heavy atom. The maximum absolute atomic E-state index is 5.62. The van der Waals surface area contributed by atoms with Crippen LogP contribution in [0.2, 0.25) is 0 Å². The van der Waals surface area contributed by atoms with E-state index < -0.39 is 0 Å². The van der Waals surface area contributed by atoms with E-state index in [9.17, 15) is 0 Å². The highest BCUT2D eigenvalue weighted by Gasteiger charge is 2.05. The first-order valence-corrected chi connectivity index (χ1v) is 4.42. The molecular weight excluding hydrogens is 146 g/mol. The Bertz CT molecular complexity index is 266. The molecule has 0 radical (unpaired) electrons. The number of benzene rings is 1. The van der Waals surface area contributed by atoms with Gasteiger partial charge in [0.05, 0.1) is 0 Å². The minimum atomic E-state index is 0.477. The first-order chi connectivity index (χ1) is 5.65. The van der Waals surface area contributed by atoms with Gasteiger partial charge in [-0.2, -0.15) is 0 Å². The molecule has 1 atom stereocenters. The molecule has 0 aromatic heterocycles. The lowest BCUT2D eigenvalue weighted by Gasteiger charge is -2.12. The van der Waals surface area contributed by atoms with E-state index in [1.165, 1.54) is 16.7 Å². The molecule has 0 bridgehead atoms. The first-order valence-electron chi connectivity index (χ1n) is 4.42. The van der Waals surface area contributed by atoms with Crippen LogP contribution in [0, 0.1) is 13.8 Å². The van der Waals surface area contributed by atoms with Crippen LogP contribution in [0.3, 0.4) is 0 Å². The topological polar surface area (TPSA) is 26.0 Å². The predicted octanol–water partition coefficient (Wildman–Crippen LogP) is 2.37. The van der Waals surface area contributed by atoms with E-state index in [0.29, 0.717) is 5.92 Å². The van der Waals surface area contributed by atoms with Crippen LogP contribution in [-0.2, 0) is 0 Å². The molecule has 66 valence electrons. The minimum Gasteiger partial charge on any atom is -0.330 e. The zero-order valence-electron chi connectivity index (χ0n) is 8.09. The summed E-state index contributed by atoms with van der Waals surface area (Å²) in [5.74, 6) is 0.477. The molecule has 1 nitrogen and oxygen atoms in total. The van der Waals surface area contributed by atoms with Crippen molar-refractivity contribution in [3.63, 3.8) is 0 Å². The molecule has 1 rings (SSSR count). The third kappa shape index (κ3) is 1.86. The number of nitrogens with two attached hydrogens (primary N) is 1. The van der Waals surface area contributed by atoms with Crippen molar-refractivity contribution in [2.75, 3.05) is 6.54 Å². The van der Waals surface area contributed by atoms with Crippen molar-refractivity contribution in [2.24, 2.45) is 5.73 Å². The molecule has 0 aliphatic heterocycles. The van der Waals surface area contributed by atoms with E-state index in [0.717, 1.165) is 6.54 Å². The molecule has 0 spiro atoms. The van der Waals surface area contributed by atoms with Crippen molar-refractivity contribution >= 4 is 0 Å². The first kappa shape index (κ1) is 9.27. The summed E-state index contributed by atoms with van der Waals surface area (Å²) in [6, 6.07) is 6.53. The molecule has 0 amide bonds. The summed E-state index contributed by atoms with van der Waals surface area (Å²) < 4.78 is 0. The van der Waals surface area contributed by atoms with Crippen LogP contribution >= 0.6 is 0 Å². The molecule has 2 N–H and O–H groups in total. The Morgan fingerprint density at radius 1 is 1.33 bits per heavy atom. The summed E-state index contributed by atoms with van der Waals surface area (Å²) >= 11 is 0. The van der Waals surface area contributed by atoms with Gasteiger partial charge in [-0.25, -0.2) is 0 Å². The summed E-state index contributed by atoms with van der Waals surface area (Å²) in [6.07, 6.45) is 0. The second-order valence-electron chi connectivity index (χ2n) is 3.50. The highest BCUT2D eigenvalue weighted by molar-refractivity contribution is 5.33. The molecule has 1 aromatic rings. The minimum absolute atomic E-state index is 0.477. The van der Waals surface area contributed by atoms with Crippen molar-refractivity contribution in [1.82, 2.24) is 0 Å². The second kappa shape index (κ2) is 3.72. The van der Waals surface area contributed by atoms with Gasteiger partial charge in [0.15, 0.2) is 0 Å². The lowest BCUT2D eigenvalue weighted by molar-refractivity contribution is 0.767. The molecule has 0 saturated carbocycles. The lowest BCUT2D eigenvalue weighted by atomic mass is 9.95. The zero-order valence-corrected chi connectivity index (χ0v) is 8.09. The summed E-state index contributed by atoms with van der Waals surface area (Å²) in [4.78, 5) is 0. The van der Waals surface area contributed by atoms with Crippen LogP contribution < -0.4 is 5.73 Å². The van der Waals surface area contributed by atoms with Crippen molar-refractivity contribution in [3.05, 3.63) is 34.9 Å². The van der Waals surface area contributed by atoms with E-state index in [2.05, 4.69) is 39.0 Å². The third-order valence-corrected chi connectivity index (χ3v) is 2.32. The van der Waals surface area contributed by atoms with E-state index in [1.807, 2.05) is 0 Å². The van der Waals surface area contributed by atoms with Crippen LogP contribution in [0.1, 0.15) is 29.5 Å². The van der Waals surface area contributed by atoms with Gasteiger partial charge in [-0.1, -0.05) is 30.7 Å². The summed E-state index contributed by atoms with van der Waals surface area (Å²) in [7, 11) is 0. The molecule has 1 aromatic carbocycles. The van der Waals surface area contributed by atoms with Crippen molar-refractivity contribution in [2.45, 2.75) is 26.7 Å². The van der Waals surface area contributed by atoms with Crippen molar-refractivity contribution in [3.8, 4) is 0 Å². The van der Waals surface area contributed by atoms with Gasteiger partial charge in [-0.3, -0.25) is 0 Å². The molecule has 0 aliphatic carbocycles. The van der Waals surface area contributed by atoms with Gasteiger partial charge in [0.25, 0.3) is 0 Å². The number of aryl methyl sites for hydroxylation is 2. The van der Waals surface area contributed by atoms with E-state index in [4.69, 9.17) is 5.73 Å². The predicted molar refractivity (Wildman–Crippen MR) is 53.4 cm³/mol. The Morgan fingerprint density at radius 3 is 2.58 bits per heavy atom. The fourth-order valence-electron chi connectivity index (χ4n) is 1.42. The van der Waals surface area contributed by atoms with Gasteiger partial charge in [0.1, 0.15) is 0 Å². The van der Waals surface area contributed by atoms with Gasteiger partial charge in [-0.05, 0) is 37.4 Å². The van der Waals surface area contributed by atoms with E-state index in [1.54, 1.807) is 0 Å². The maximum Gasteiger partial charge on any atom is -0.00108 e. The van der Waals surface area contributed by atoms with Crippen molar-refractivity contribution in [1.29, 1.82) is 0 Å². The van der Waals surface area contributed by atoms with E-state index in [-0.39, 0.29) is 0 Å². The monoisotopic (exact) mass is 163 g/mol. The fraction of sp³-hybridized carbons (Fsp3) is 0.455. The van der Waals surface area contributed by atoms with Gasteiger partial charge in [0.2, 0.25) is 0 Å². The molecule has 0 fully saturated rings. The standard InChI is InChI=1S/C11H17N/c1-8-4-5-9(2)11(6-8)10(3)7-12/h4-6,10H,7,12H2,1-3H3.